The highest BCUT2D eigenvalue weighted by molar-refractivity contribution is 7.92. The second-order valence-corrected chi connectivity index (χ2v) is 8.12. The number of Topliss-reactive ketones (excluding diaryl/α,β-unsaturated/α-hetero) is 1. The second-order valence-electron chi connectivity index (χ2n) is 6.06. The molecule has 0 bridgehead atoms. The minimum Gasteiger partial charge on any atom is -0.497 e. The first-order valence-corrected chi connectivity index (χ1v) is 10.8. The Labute approximate surface area is 175 Å². The molecule has 0 radical (unpaired) electrons. The third-order valence-electron chi connectivity index (χ3n) is 4.16. The third kappa shape index (κ3) is 5.62. The van der Waals surface area contributed by atoms with Crippen LogP contribution in [0, 0.1) is 11.3 Å². The number of alkyl halides is 1. The molecule has 0 saturated carbocycles. The fourth-order valence-corrected chi connectivity index (χ4v) is 3.91. The molecule has 0 saturated heterocycles. The molecule has 0 amide bonds. The van der Waals surface area contributed by atoms with Gasteiger partial charge in [-0.25, -0.2) is 8.42 Å². The number of carbonyl (C=O) groups is 1. The number of ether oxygens (including phenoxy) is 2. The van der Waals surface area contributed by atoms with Gasteiger partial charge in [0.25, 0.3) is 10.0 Å². The van der Waals surface area contributed by atoms with E-state index < -0.39 is 10.0 Å². The molecule has 0 atom stereocenters. The quantitative estimate of drug-likeness (QED) is 0.343. The summed E-state index contributed by atoms with van der Waals surface area (Å²) in [6, 6.07) is 10.4. The van der Waals surface area contributed by atoms with Crippen LogP contribution in [0.15, 0.2) is 41.3 Å². The number of rotatable bonds is 10. The number of hydrogen-bond acceptors (Lipinski definition) is 6. The van der Waals surface area contributed by atoms with E-state index in [0.29, 0.717) is 24.5 Å². The second kappa shape index (κ2) is 10.1. The molecule has 0 aliphatic rings. The lowest BCUT2D eigenvalue weighted by molar-refractivity contribution is 0.0979. The summed E-state index contributed by atoms with van der Waals surface area (Å²) in [5.41, 5.74) is 0.418. The lowest BCUT2D eigenvalue weighted by Gasteiger charge is -2.14. The van der Waals surface area contributed by atoms with E-state index in [-0.39, 0.29) is 39.7 Å². The fourth-order valence-electron chi connectivity index (χ4n) is 2.62. The molecular weight excluding hydrogens is 416 g/mol. The van der Waals surface area contributed by atoms with Crippen molar-refractivity contribution >= 4 is 33.1 Å². The predicted molar refractivity (Wildman–Crippen MR) is 110 cm³/mol. The number of hydrogen-bond donors (Lipinski definition) is 1. The van der Waals surface area contributed by atoms with Gasteiger partial charge in [-0.05, 0) is 43.2 Å². The molecular formula is C20H21ClN2O5S. The minimum atomic E-state index is -4.03. The smallest absolute Gasteiger partial charge is 0.262 e. The number of anilines is 1. The van der Waals surface area contributed by atoms with E-state index in [9.17, 15) is 18.5 Å². The van der Waals surface area contributed by atoms with Crippen molar-refractivity contribution in [2.45, 2.75) is 24.2 Å². The van der Waals surface area contributed by atoms with Crippen molar-refractivity contribution in [1.29, 1.82) is 5.26 Å². The summed E-state index contributed by atoms with van der Waals surface area (Å²) >= 11 is 5.63. The first kappa shape index (κ1) is 22.5. The molecule has 9 heteroatoms. The lowest BCUT2D eigenvalue weighted by atomic mass is 10.0. The maximum atomic E-state index is 12.8. The maximum absolute atomic E-state index is 12.8. The van der Waals surface area contributed by atoms with Gasteiger partial charge in [-0.2, -0.15) is 5.26 Å². The van der Waals surface area contributed by atoms with Crippen LogP contribution < -0.4 is 14.2 Å². The summed E-state index contributed by atoms with van der Waals surface area (Å²) < 4.78 is 38.4. The third-order valence-corrected chi connectivity index (χ3v) is 5.79. The zero-order valence-electron chi connectivity index (χ0n) is 16.1. The predicted octanol–water partition coefficient (Wildman–Crippen LogP) is 3.97. The Balaban J connectivity index is 2.37. The van der Waals surface area contributed by atoms with E-state index in [1.807, 2.05) is 6.07 Å². The van der Waals surface area contributed by atoms with E-state index in [1.165, 1.54) is 38.5 Å². The van der Waals surface area contributed by atoms with Crippen LogP contribution in [0.25, 0.3) is 0 Å². The van der Waals surface area contributed by atoms with Crippen molar-refractivity contribution in [1.82, 2.24) is 0 Å². The molecule has 7 nitrogen and oxygen atoms in total. The Kier molecular flexibility index (Phi) is 7.88. The van der Waals surface area contributed by atoms with Crippen LogP contribution in [-0.4, -0.2) is 34.3 Å². The van der Waals surface area contributed by atoms with E-state index in [0.717, 1.165) is 0 Å². The summed E-state index contributed by atoms with van der Waals surface area (Å²) in [7, 11) is -1.13. The van der Waals surface area contributed by atoms with Crippen molar-refractivity contribution in [2.24, 2.45) is 0 Å². The van der Waals surface area contributed by atoms with Crippen molar-refractivity contribution < 1.29 is 22.7 Å². The number of unbranched alkanes of at least 4 members (excludes halogenated alkanes) is 1. The van der Waals surface area contributed by atoms with Crippen molar-refractivity contribution in [3.8, 4) is 17.6 Å². The van der Waals surface area contributed by atoms with E-state index in [1.54, 1.807) is 12.1 Å². The Morgan fingerprint density at radius 3 is 2.52 bits per heavy atom. The number of sulfonamides is 1. The van der Waals surface area contributed by atoms with Crippen LogP contribution in [0.4, 0.5) is 5.69 Å². The summed E-state index contributed by atoms with van der Waals surface area (Å²) in [5, 5.41) is 9.27. The molecule has 0 aliphatic carbocycles. The topological polar surface area (TPSA) is 105 Å². The van der Waals surface area contributed by atoms with Crippen LogP contribution in [0.1, 0.15) is 35.2 Å². The number of ketones is 1. The molecule has 0 aliphatic heterocycles. The van der Waals surface area contributed by atoms with E-state index in [4.69, 9.17) is 21.1 Å². The standard InChI is InChI=1S/C20H21ClN2O5S/c1-27-15-7-9-18(20(11-15)28-2)23-29(25,26)16-8-6-14(13-22)17(12-16)19(24)5-3-4-10-21/h6-9,11-12,23H,3-5,10H2,1-2H3. The first-order valence-electron chi connectivity index (χ1n) is 8.74. The average Bonchev–Trinajstić information content (AvgIpc) is 2.73. The first-order chi connectivity index (χ1) is 13.9. The minimum absolute atomic E-state index is 0.0756. The van der Waals surface area contributed by atoms with Crippen LogP contribution in [0.3, 0.4) is 0 Å². The summed E-state index contributed by atoms with van der Waals surface area (Å²) in [4.78, 5) is 12.3. The molecule has 29 heavy (non-hydrogen) atoms. The number of nitriles is 1. The number of halogens is 1. The van der Waals surface area contributed by atoms with Gasteiger partial charge in [0.2, 0.25) is 0 Å². The van der Waals surface area contributed by atoms with Crippen molar-refractivity contribution in [3.05, 3.63) is 47.5 Å². The van der Waals surface area contributed by atoms with Crippen LogP contribution in [0.2, 0.25) is 0 Å². The van der Waals surface area contributed by atoms with Gasteiger partial charge in [0.15, 0.2) is 5.78 Å². The average molecular weight is 437 g/mol. The Morgan fingerprint density at radius 2 is 1.90 bits per heavy atom. The lowest BCUT2D eigenvalue weighted by Crippen LogP contribution is -2.15. The van der Waals surface area contributed by atoms with Gasteiger partial charge < -0.3 is 9.47 Å². The zero-order chi connectivity index (χ0) is 21.4. The molecule has 0 spiro atoms. The highest BCUT2D eigenvalue weighted by Gasteiger charge is 2.21. The van der Waals surface area contributed by atoms with Crippen molar-refractivity contribution in [2.75, 3.05) is 24.8 Å². The van der Waals surface area contributed by atoms with E-state index in [2.05, 4.69) is 4.72 Å². The molecule has 2 aromatic carbocycles. The summed E-state index contributed by atoms with van der Waals surface area (Å²) in [6.07, 6.45) is 1.40. The number of nitrogens with one attached hydrogen (secondary N) is 1. The van der Waals surface area contributed by atoms with Gasteiger partial charge in [-0.15, -0.1) is 11.6 Å². The van der Waals surface area contributed by atoms with Gasteiger partial charge >= 0.3 is 0 Å². The van der Waals surface area contributed by atoms with Gasteiger partial charge in [-0.3, -0.25) is 9.52 Å². The maximum Gasteiger partial charge on any atom is 0.262 e. The molecule has 0 heterocycles. The Bertz CT molecular complexity index is 1030. The van der Waals surface area contributed by atoms with Crippen molar-refractivity contribution in [3.63, 3.8) is 0 Å². The summed E-state index contributed by atoms with van der Waals surface area (Å²) in [6.45, 7) is 0. The molecule has 2 aromatic rings. The molecule has 0 fully saturated rings. The number of nitrogens with zero attached hydrogens (tertiary/aromatic N) is 1. The molecule has 2 rings (SSSR count). The molecule has 0 aromatic heterocycles. The highest BCUT2D eigenvalue weighted by atomic mass is 35.5. The number of benzene rings is 2. The molecule has 154 valence electrons. The largest absolute Gasteiger partial charge is 0.497 e. The van der Waals surface area contributed by atoms with Crippen LogP contribution in [0.5, 0.6) is 11.5 Å². The highest BCUT2D eigenvalue weighted by Crippen LogP contribution is 2.31. The zero-order valence-corrected chi connectivity index (χ0v) is 17.6. The van der Waals surface area contributed by atoms with Gasteiger partial charge in [0, 0.05) is 23.9 Å². The SMILES string of the molecule is COc1ccc(NS(=O)(=O)c2ccc(C#N)c(C(=O)CCCCCl)c2)c(OC)c1. The molecule has 0 unspecified atom stereocenters. The number of methoxy groups -OCH3 is 2. The number of carbonyl (C=O) groups excluding carboxylic acids is 1. The van der Waals surface area contributed by atoms with Crippen LogP contribution in [-0.2, 0) is 10.0 Å². The van der Waals surface area contributed by atoms with Gasteiger partial charge in [-0.1, -0.05) is 0 Å². The van der Waals surface area contributed by atoms with E-state index >= 15 is 0 Å². The fraction of sp³-hybridized carbons (Fsp3) is 0.300. The Hall–Kier alpha value is -2.76. The van der Waals surface area contributed by atoms with Gasteiger partial charge in [0.05, 0.1) is 36.4 Å². The van der Waals surface area contributed by atoms with Crippen LogP contribution >= 0.6 is 11.6 Å². The Morgan fingerprint density at radius 1 is 1.14 bits per heavy atom. The monoisotopic (exact) mass is 436 g/mol. The van der Waals surface area contributed by atoms with Gasteiger partial charge in [0.1, 0.15) is 11.5 Å². The summed E-state index contributed by atoms with van der Waals surface area (Å²) in [5.74, 6) is 0.915. The normalized spacial score (nSPS) is 10.8. The molecule has 1 N–H and O–H groups in total.